The highest BCUT2D eigenvalue weighted by Gasteiger charge is 2.53. The number of aryl methyl sites for hydroxylation is 1. The van der Waals surface area contributed by atoms with E-state index in [1.54, 1.807) is 30.6 Å². The fraction of sp³-hybridized carbons (Fsp3) is 0.238. The molecule has 0 spiro atoms. The van der Waals surface area contributed by atoms with Gasteiger partial charge in [0, 0.05) is 17.8 Å². The Labute approximate surface area is 158 Å². The Balaban J connectivity index is 1.70. The average molecular weight is 380 g/mol. The molecule has 3 aromatic rings. The molecule has 4 rings (SSSR count). The lowest BCUT2D eigenvalue weighted by Crippen LogP contribution is -2.39. The van der Waals surface area contributed by atoms with Gasteiger partial charge in [-0.2, -0.15) is 0 Å². The lowest BCUT2D eigenvalue weighted by atomic mass is 9.91. The third-order valence-corrected chi connectivity index (χ3v) is 6.65. The van der Waals surface area contributed by atoms with Crippen LogP contribution in [0.25, 0.3) is 10.8 Å². The number of hydrogen-bond donors (Lipinski definition) is 1. The summed E-state index contributed by atoms with van der Waals surface area (Å²) in [7, 11) is -3.98. The average Bonchev–Trinajstić information content (AvgIpc) is 3.49. The molecule has 1 amide bonds. The molecular formula is C21H20N2O3S. The first-order chi connectivity index (χ1) is 13.0. The fourth-order valence-corrected chi connectivity index (χ4v) is 4.89. The number of sulfonamides is 1. The number of carbonyl (C=O) groups is 1. The van der Waals surface area contributed by atoms with Crippen molar-refractivity contribution in [1.29, 1.82) is 0 Å². The Hall–Kier alpha value is -2.73. The van der Waals surface area contributed by atoms with E-state index in [-0.39, 0.29) is 4.90 Å². The summed E-state index contributed by atoms with van der Waals surface area (Å²) in [5.74, 6) is -0.474. The molecular weight excluding hydrogens is 360 g/mol. The van der Waals surface area contributed by atoms with E-state index in [1.807, 2.05) is 31.2 Å². The zero-order chi connectivity index (χ0) is 19.1. The number of aromatic nitrogens is 1. The summed E-state index contributed by atoms with van der Waals surface area (Å²) in [6.45, 7) is 2.01. The van der Waals surface area contributed by atoms with Gasteiger partial charge in [0.15, 0.2) is 0 Å². The van der Waals surface area contributed by atoms with Gasteiger partial charge < -0.3 is 0 Å². The first kappa shape index (κ1) is 17.7. The molecule has 1 heterocycles. The zero-order valence-electron chi connectivity index (χ0n) is 15.0. The molecule has 27 heavy (non-hydrogen) atoms. The quantitative estimate of drug-likeness (QED) is 0.737. The standard InChI is InChI=1S/C21H20N2O3S/c1-2-15-10-13-22-14-18(15)21(11-12-21)20(24)23-27(25,26)19-9-5-7-16-6-3-4-8-17(16)19/h3-10,13-14H,2,11-12H2,1H3,(H,23,24). The number of pyridine rings is 1. The molecule has 5 nitrogen and oxygen atoms in total. The molecule has 1 fully saturated rings. The van der Waals surface area contributed by atoms with Crippen LogP contribution in [0, 0.1) is 0 Å². The fourth-order valence-electron chi connectivity index (χ4n) is 3.61. The van der Waals surface area contributed by atoms with Gasteiger partial charge in [0.05, 0.1) is 10.3 Å². The molecule has 1 saturated carbocycles. The van der Waals surface area contributed by atoms with Crippen LogP contribution in [-0.2, 0) is 26.7 Å². The van der Waals surface area contributed by atoms with Crippen LogP contribution in [0.4, 0.5) is 0 Å². The Morgan fingerprint density at radius 2 is 1.85 bits per heavy atom. The Bertz CT molecular complexity index is 1130. The number of amides is 1. The minimum absolute atomic E-state index is 0.117. The van der Waals surface area contributed by atoms with E-state index in [4.69, 9.17) is 0 Å². The molecule has 1 aliphatic rings. The van der Waals surface area contributed by atoms with Crippen molar-refractivity contribution in [2.45, 2.75) is 36.5 Å². The van der Waals surface area contributed by atoms with Gasteiger partial charge in [0.2, 0.25) is 5.91 Å². The van der Waals surface area contributed by atoms with E-state index in [9.17, 15) is 13.2 Å². The van der Waals surface area contributed by atoms with E-state index in [0.29, 0.717) is 18.2 Å². The van der Waals surface area contributed by atoms with Crippen LogP contribution >= 0.6 is 0 Å². The summed E-state index contributed by atoms with van der Waals surface area (Å²) < 4.78 is 28.3. The summed E-state index contributed by atoms with van der Waals surface area (Å²) in [6, 6.07) is 14.2. The highest BCUT2D eigenvalue weighted by molar-refractivity contribution is 7.90. The van der Waals surface area contributed by atoms with E-state index in [1.165, 1.54) is 6.07 Å². The number of benzene rings is 2. The van der Waals surface area contributed by atoms with Crippen LogP contribution in [0.2, 0.25) is 0 Å². The topological polar surface area (TPSA) is 76.1 Å². The smallest absolute Gasteiger partial charge is 0.264 e. The van der Waals surface area contributed by atoms with Crippen molar-refractivity contribution in [2.24, 2.45) is 0 Å². The molecule has 0 unspecified atom stereocenters. The van der Waals surface area contributed by atoms with E-state index < -0.39 is 21.3 Å². The second-order valence-corrected chi connectivity index (χ2v) is 8.53. The van der Waals surface area contributed by atoms with Gasteiger partial charge >= 0.3 is 0 Å². The van der Waals surface area contributed by atoms with Gasteiger partial charge in [0.25, 0.3) is 10.0 Å². The van der Waals surface area contributed by atoms with Crippen molar-refractivity contribution in [2.75, 3.05) is 0 Å². The van der Waals surface area contributed by atoms with Crippen LogP contribution in [0.15, 0.2) is 65.8 Å². The first-order valence-corrected chi connectivity index (χ1v) is 10.4. The Morgan fingerprint density at radius 1 is 1.11 bits per heavy atom. The summed E-state index contributed by atoms with van der Waals surface area (Å²) in [5, 5.41) is 1.41. The van der Waals surface area contributed by atoms with Crippen LogP contribution in [-0.4, -0.2) is 19.3 Å². The van der Waals surface area contributed by atoms with Gasteiger partial charge in [0.1, 0.15) is 0 Å². The van der Waals surface area contributed by atoms with Gasteiger partial charge in [-0.05, 0) is 47.9 Å². The summed E-state index contributed by atoms with van der Waals surface area (Å²) >= 11 is 0. The van der Waals surface area contributed by atoms with Crippen molar-refractivity contribution in [3.8, 4) is 0 Å². The Kier molecular flexibility index (Phi) is 4.23. The third kappa shape index (κ3) is 3.00. The maximum absolute atomic E-state index is 13.0. The predicted octanol–water partition coefficient (Wildman–Crippen LogP) is 3.33. The SMILES string of the molecule is CCc1ccncc1C1(C(=O)NS(=O)(=O)c2cccc3ccccc23)CC1. The molecule has 0 radical (unpaired) electrons. The Morgan fingerprint density at radius 3 is 2.59 bits per heavy atom. The molecule has 1 aromatic heterocycles. The van der Waals surface area contributed by atoms with Gasteiger partial charge in [-0.25, -0.2) is 13.1 Å². The van der Waals surface area contributed by atoms with Crippen molar-refractivity contribution in [3.05, 3.63) is 72.1 Å². The lowest BCUT2D eigenvalue weighted by molar-refractivity contribution is -0.121. The second kappa shape index (κ2) is 6.46. The van der Waals surface area contributed by atoms with E-state index >= 15 is 0 Å². The van der Waals surface area contributed by atoms with Gasteiger partial charge in [-0.1, -0.05) is 43.3 Å². The van der Waals surface area contributed by atoms with E-state index in [0.717, 1.165) is 22.9 Å². The maximum Gasteiger partial charge on any atom is 0.264 e. The molecule has 0 bridgehead atoms. The van der Waals surface area contributed by atoms with E-state index in [2.05, 4.69) is 9.71 Å². The van der Waals surface area contributed by atoms with Crippen molar-refractivity contribution < 1.29 is 13.2 Å². The number of rotatable bonds is 5. The molecule has 0 atom stereocenters. The lowest BCUT2D eigenvalue weighted by Gasteiger charge is -2.19. The zero-order valence-corrected chi connectivity index (χ0v) is 15.8. The van der Waals surface area contributed by atoms with Crippen molar-refractivity contribution >= 4 is 26.7 Å². The summed E-state index contributed by atoms with van der Waals surface area (Å²) in [4.78, 5) is 17.3. The minimum atomic E-state index is -3.98. The monoisotopic (exact) mass is 380 g/mol. The second-order valence-electron chi connectivity index (χ2n) is 6.88. The number of nitrogens with zero attached hydrogens (tertiary/aromatic N) is 1. The van der Waals surface area contributed by atoms with Gasteiger partial charge in [-0.15, -0.1) is 0 Å². The molecule has 1 aliphatic carbocycles. The highest BCUT2D eigenvalue weighted by Crippen LogP contribution is 2.49. The normalized spacial score (nSPS) is 15.4. The minimum Gasteiger partial charge on any atom is -0.273 e. The van der Waals surface area contributed by atoms with Crippen LogP contribution < -0.4 is 4.72 Å². The summed E-state index contributed by atoms with van der Waals surface area (Å²) in [5.41, 5.74) is 1.07. The number of hydrogen-bond acceptors (Lipinski definition) is 4. The molecule has 6 heteroatoms. The largest absolute Gasteiger partial charge is 0.273 e. The number of carbonyl (C=O) groups excluding carboxylic acids is 1. The van der Waals surface area contributed by atoms with Crippen molar-refractivity contribution in [3.63, 3.8) is 0 Å². The maximum atomic E-state index is 13.0. The molecule has 0 saturated heterocycles. The molecule has 138 valence electrons. The number of nitrogens with one attached hydrogen (secondary N) is 1. The number of fused-ring (bicyclic) bond motifs is 1. The van der Waals surface area contributed by atoms with Crippen molar-refractivity contribution in [1.82, 2.24) is 9.71 Å². The molecule has 2 aromatic carbocycles. The molecule has 1 N–H and O–H groups in total. The highest BCUT2D eigenvalue weighted by atomic mass is 32.2. The van der Waals surface area contributed by atoms with Gasteiger partial charge in [-0.3, -0.25) is 9.78 Å². The van der Waals surface area contributed by atoms with Crippen LogP contribution in [0.5, 0.6) is 0 Å². The van der Waals surface area contributed by atoms with Crippen LogP contribution in [0.1, 0.15) is 30.9 Å². The summed E-state index contributed by atoms with van der Waals surface area (Å²) in [6.07, 6.45) is 5.41. The third-order valence-electron chi connectivity index (χ3n) is 5.26. The predicted molar refractivity (Wildman–Crippen MR) is 104 cm³/mol. The van der Waals surface area contributed by atoms with Crippen LogP contribution in [0.3, 0.4) is 0 Å². The first-order valence-electron chi connectivity index (χ1n) is 8.96. The molecule has 0 aliphatic heterocycles.